The second-order valence-electron chi connectivity index (χ2n) is 7.25. The Hall–Kier alpha value is -1.90. The molecule has 5 heteroatoms. The van der Waals surface area contributed by atoms with Gasteiger partial charge in [0, 0.05) is 26.7 Å². The van der Waals surface area contributed by atoms with Crippen LogP contribution in [0.15, 0.2) is 24.3 Å². The molecule has 25 heavy (non-hydrogen) atoms. The van der Waals surface area contributed by atoms with Gasteiger partial charge in [-0.1, -0.05) is 12.1 Å². The number of hydrogen-bond donors (Lipinski definition) is 0. The molecule has 5 nitrogen and oxygen atoms in total. The van der Waals surface area contributed by atoms with Gasteiger partial charge in [0.1, 0.15) is 0 Å². The SMILES string of the molecule is COCCN1CC[C@]2(CCCN(Cc3ccc(C#N)cc3)CC2)C1=O. The van der Waals surface area contributed by atoms with Crippen LogP contribution in [0.1, 0.15) is 36.8 Å². The van der Waals surface area contributed by atoms with Gasteiger partial charge in [0.15, 0.2) is 0 Å². The summed E-state index contributed by atoms with van der Waals surface area (Å²) in [4.78, 5) is 17.3. The van der Waals surface area contributed by atoms with Gasteiger partial charge in [-0.3, -0.25) is 9.69 Å². The van der Waals surface area contributed by atoms with Crippen LogP contribution < -0.4 is 0 Å². The highest BCUT2D eigenvalue weighted by molar-refractivity contribution is 5.84. The van der Waals surface area contributed by atoms with Crippen LogP contribution in [-0.4, -0.2) is 55.6 Å². The van der Waals surface area contributed by atoms with Crippen LogP contribution in [0, 0.1) is 16.7 Å². The number of likely N-dealkylation sites (tertiary alicyclic amines) is 2. The van der Waals surface area contributed by atoms with Crippen molar-refractivity contribution in [1.82, 2.24) is 9.80 Å². The maximum atomic E-state index is 12.9. The second-order valence-corrected chi connectivity index (χ2v) is 7.25. The van der Waals surface area contributed by atoms with Crippen LogP contribution in [0.4, 0.5) is 0 Å². The lowest BCUT2D eigenvalue weighted by Gasteiger charge is -2.26. The zero-order chi connectivity index (χ0) is 17.7. The number of nitriles is 1. The summed E-state index contributed by atoms with van der Waals surface area (Å²) in [5.41, 5.74) is 1.79. The summed E-state index contributed by atoms with van der Waals surface area (Å²) >= 11 is 0. The largest absolute Gasteiger partial charge is 0.383 e. The summed E-state index contributed by atoms with van der Waals surface area (Å²) in [7, 11) is 1.68. The third kappa shape index (κ3) is 4.02. The minimum absolute atomic E-state index is 0.146. The molecule has 134 valence electrons. The van der Waals surface area contributed by atoms with Crippen LogP contribution in [0.2, 0.25) is 0 Å². The smallest absolute Gasteiger partial charge is 0.228 e. The first-order valence-corrected chi connectivity index (χ1v) is 9.16. The molecule has 2 saturated heterocycles. The monoisotopic (exact) mass is 341 g/mol. The number of ether oxygens (including phenoxy) is 1. The van der Waals surface area contributed by atoms with Gasteiger partial charge >= 0.3 is 0 Å². The number of rotatable bonds is 5. The third-order valence-electron chi connectivity index (χ3n) is 5.69. The predicted molar refractivity (Wildman–Crippen MR) is 95.8 cm³/mol. The first-order chi connectivity index (χ1) is 12.2. The number of benzene rings is 1. The van der Waals surface area contributed by atoms with Crippen molar-refractivity contribution in [1.29, 1.82) is 5.26 Å². The van der Waals surface area contributed by atoms with Crippen molar-refractivity contribution in [2.24, 2.45) is 5.41 Å². The molecule has 1 atom stereocenters. The Kier molecular flexibility index (Phi) is 5.72. The Labute approximate surface area is 150 Å². The van der Waals surface area contributed by atoms with Crippen molar-refractivity contribution >= 4 is 5.91 Å². The van der Waals surface area contributed by atoms with Crippen LogP contribution in [0.25, 0.3) is 0 Å². The molecule has 2 aliphatic rings. The van der Waals surface area contributed by atoms with Crippen molar-refractivity contribution in [2.45, 2.75) is 32.2 Å². The topological polar surface area (TPSA) is 56.6 Å². The van der Waals surface area contributed by atoms with Crippen molar-refractivity contribution in [3.8, 4) is 6.07 Å². The highest BCUT2D eigenvalue weighted by atomic mass is 16.5. The van der Waals surface area contributed by atoms with Gasteiger partial charge < -0.3 is 9.64 Å². The highest BCUT2D eigenvalue weighted by Gasteiger charge is 2.46. The first-order valence-electron chi connectivity index (χ1n) is 9.16. The van der Waals surface area contributed by atoms with E-state index in [0.717, 1.165) is 51.9 Å². The molecule has 1 amide bonds. The van der Waals surface area contributed by atoms with Crippen LogP contribution in [0.5, 0.6) is 0 Å². The Morgan fingerprint density at radius 3 is 2.64 bits per heavy atom. The fraction of sp³-hybridized carbons (Fsp3) is 0.600. The molecule has 3 rings (SSSR count). The molecule has 2 heterocycles. The molecule has 0 radical (unpaired) electrons. The molecular formula is C20H27N3O2. The van der Waals surface area contributed by atoms with Gasteiger partial charge in [0.25, 0.3) is 0 Å². The van der Waals surface area contributed by atoms with Gasteiger partial charge in [-0.2, -0.15) is 5.26 Å². The summed E-state index contributed by atoms with van der Waals surface area (Å²) in [6.07, 6.45) is 4.01. The van der Waals surface area contributed by atoms with Crippen molar-refractivity contribution in [3.63, 3.8) is 0 Å². The summed E-state index contributed by atoms with van der Waals surface area (Å²) in [5, 5.41) is 8.90. The van der Waals surface area contributed by atoms with Crippen molar-refractivity contribution in [2.75, 3.05) is 39.9 Å². The average molecular weight is 341 g/mol. The number of nitrogens with zero attached hydrogens (tertiary/aromatic N) is 3. The maximum absolute atomic E-state index is 12.9. The lowest BCUT2D eigenvalue weighted by atomic mass is 9.79. The van der Waals surface area contributed by atoms with Gasteiger partial charge in [-0.15, -0.1) is 0 Å². The Morgan fingerprint density at radius 2 is 1.92 bits per heavy atom. The summed E-state index contributed by atoms with van der Waals surface area (Å²) in [5.74, 6) is 0.338. The molecule has 0 aliphatic carbocycles. The molecule has 1 spiro atoms. The Balaban J connectivity index is 1.58. The predicted octanol–water partition coefficient (Wildman–Crippen LogP) is 2.41. The van der Waals surface area contributed by atoms with E-state index in [1.54, 1.807) is 7.11 Å². The van der Waals surface area contributed by atoms with Crippen LogP contribution in [0.3, 0.4) is 0 Å². The fourth-order valence-electron chi connectivity index (χ4n) is 4.12. The fourth-order valence-corrected chi connectivity index (χ4v) is 4.12. The Morgan fingerprint density at radius 1 is 1.16 bits per heavy atom. The lowest BCUT2D eigenvalue weighted by molar-refractivity contribution is -0.137. The van der Waals surface area contributed by atoms with E-state index in [9.17, 15) is 4.79 Å². The van der Waals surface area contributed by atoms with Crippen molar-refractivity contribution in [3.05, 3.63) is 35.4 Å². The molecule has 0 unspecified atom stereocenters. The number of hydrogen-bond acceptors (Lipinski definition) is 4. The molecule has 0 aromatic heterocycles. The molecular weight excluding hydrogens is 314 g/mol. The Bertz CT molecular complexity index is 637. The van der Waals surface area contributed by atoms with Crippen molar-refractivity contribution < 1.29 is 9.53 Å². The van der Waals surface area contributed by atoms with Gasteiger partial charge in [0.2, 0.25) is 5.91 Å². The van der Waals surface area contributed by atoms with E-state index in [0.29, 0.717) is 24.6 Å². The van der Waals surface area contributed by atoms with E-state index < -0.39 is 0 Å². The second kappa shape index (κ2) is 7.99. The number of amides is 1. The number of carbonyl (C=O) groups is 1. The quantitative estimate of drug-likeness (QED) is 0.825. The molecule has 1 aromatic carbocycles. The van der Waals surface area contributed by atoms with E-state index in [4.69, 9.17) is 10.00 Å². The maximum Gasteiger partial charge on any atom is 0.228 e. The van der Waals surface area contributed by atoms with E-state index in [1.165, 1.54) is 5.56 Å². The summed E-state index contributed by atoms with van der Waals surface area (Å²) < 4.78 is 5.13. The van der Waals surface area contributed by atoms with Crippen LogP contribution in [-0.2, 0) is 16.1 Å². The summed E-state index contributed by atoms with van der Waals surface area (Å²) in [6, 6.07) is 9.98. The minimum atomic E-state index is -0.146. The standard InChI is InChI=1S/C20H27N3O2/c1-25-14-13-23-12-9-20(19(23)24)7-2-10-22(11-8-20)16-18-5-3-17(15-21)4-6-18/h3-6H,2,7-14,16H2,1H3/t20-/m1/s1. The van der Waals surface area contributed by atoms with Gasteiger partial charge in [-0.25, -0.2) is 0 Å². The molecule has 0 bridgehead atoms. The van der Waals surface area contributed by atoms with E-state index in [2.05, 4.69) is 11.0 Å². The number of carbonyl (C=O) groups excluding carboxylic acids is 1. The van der Waals surface area contributed by atoms with Crippen LogP contribution >= 0.6 is 0 Å². The first kappa shape index (κ1) is 17.9. The zero-order valence-electron chi connectivity index (χ0n) is 15.0. The highest BCUT2D eigenvalue weighted by Crippen LogP contribution is 2.41. The molecule has 1 aromatic rings. The zero-order valence-corrected chi connectivity index (χ0v) is 15.0. The van der Waals surface area contributed by atoms with E-state index >= 15 is 0 Å². The molecule has 2 aliphatic heterocycles. The molecule has 0 saturated carbocycles. The van der Waals surface area contributed by atoms with E-state index in [1.807, 2.05) is 29.2 Å². The molecule has 2 fully saturated rings. The van der Waals surface area contributed by atoms with Gasteiger partial charge in [-0.05, 0) is 56.5 Å². The normalized spacial score (nSPS) is 24.5. The third-order valence-corrected chi connectivity index (χ3v) is 5.69. The minimum Gasteiger partial charge on any atom is -0.383 e. The molecule has 0 N–H and O–H groups in total. The van der Waals surface area contributed by atoms with E-state index in [-0.39, 0.29) is 5.41 Å². The average Bonchev–Trinajstić information content (AvgIpc) is 2.81. The summed E-state index contributed by atoms with van der Waals surface area (Å²) in [6.45, 7) is 5.09. The lowest BCUT2D eigenvalue weighted by Crippen LogP contribution is -2.37. The van der Waals surface area contributed by atoms with Gasteiger partial charge in [0.05, 0.1) is 23.7 Å². The number of methoxy groups -OCH3 is 1.